The van der Waals surface area contributed by atoms with E-state index in [4.69, 9.17) is 4.74 Å². The Morgan fingerprint density at radius 1 is 1.00 bits per heavy atom. The highest BCUT2D eigenvalue weighted by atomic mass is 19.4. The molecule has 1 saturated carbocycles. The molecule has 0 bridgehead atoms. The number of unbranched alkanes of at least 4 members (excludes halogenated alkanes) is 3. The van der Waals surface area contributed by atoms with Gasteiger partial charge in [-0.1, -0.05) is 43.5 Å². The lowest BCUT2D eigenvalue weighted by atomic mass is 9.84. The molecule has 3 rings (SSSR count). The number of aliphatic hydroxyl groups is 3. The summed E-state index contributed by atoms with van der Waals surface area (Å²) in [5.74, 6) is -1.81. The van der Waals surface area contributed by atoms with Gasteiger partial charge >= 0.3 is 12.1 Å². The molecule has 1 aliphatic rings. The Labute approximate surface area is 220 Å². The molecule has 212 valence electrons. The van der Waals surface area contributed by atoms with Gasteiger partial charge in [0.25, 0.3) is 0 Å². The molecule has 38 heavy (non-hydrogen) atoms. The van der Waals surface area contributed by atoms with Gasteiger partial charge in [-0.2, -0.15) is 13.2 Å². The Bertz CT molecular complexity index is 1070. The van der Waals surface area contributed by atoms with Crippen LogP contribution in [0.1, 0.15) is 88.9 Å². The van der Waals surface area contributed by atoms with E-state index in [1.807, 2.05) is 0 Å². The highest BCUT2D eigenvalue weighted by molar-refractivity contribution is 5.87. The summed E-state index contributed by atoms with van der Waals surface area (Å²) in [6.07, 6.45) is -2.92. The maximum absolute atomic E-state index is 15.2. The molecule has 2 unspecified atom stereocenters. The van der Waals surface area contributed by atoms with Crippen LogP contribution in [0.3, 0.4) is 0 Å². The van der Waals surface area contributed by atoms with Crippen LogP contribution in [0.4, 0.5) is 17.6 Å². The van der Waals surface area contributed by atoms with Crippen molar-refractivity contribution in [2.24, 2.45) is 11.8 Å². The van der Waals surface area contributed by atoms with Crippen molar-refractivity contribution in [3.05, 3.63) is 47.3 Å². The summed E-state index contributed by atoms with van der Waals surface area (Å²) in [4.78, 5) is 11.6. The number of aliphatic hydroxyl groups excluding tert-OH is 3. The Morgan fingerprint density at radius 3 is 2.32 bits per heavy atom. The van der Waals surface area contributed by atoms with Crippen LogP contribution in [-0.4, -0.2) is 39.6 Å². The predicted octanol–water partition coefficient (Wildman–Crippen LogP) is 6.46. The molecule has 0 saturated heterocycles. The Hall–Kier alpha value is -2.23. The van der Waals surface area contributed by atoms with Gasteiger partial charge in [0, 0.05) is 17.4 Å². The maximum Gasteiger partial charge on any atom is 0.417 e. The molecule has 5 nitrogen and oxygen atoms in total. The van der Waals surface area contributed by atoms with E-state index in [1.54, 1.807) is 13.8 Å². The number of rotatable bonds is 12. The number of benzene rings is 2. The van der Waals surface area contributed by atoms with Crippen LogP contribution in [0.25, 0.3) is 10.8 Å². The molecule has 5 atom stereocenters. The molecular formula is C29H38F4O5. The van der Waals surface area contributed by atoms with Crippen molar-refractivity contribution in [3.8, 4) is 0 Å². The number of halogens is 4. The minimum atomic E-state index is -4.74. The second-order valence-electron chi connectivity index (χ2n) is 10.7. The summed E-state index contributed by atoms with van der Waals surface area (Å²) in [5, 5.41) is 31.3. The second-order valence-corrected chi connectivity index (χ2v) is 10.7. The molecule has 0 aromatic heterocycles. The Morgan fingerprint density at radius 2 is 1.66 bits per heavy atom. The fraction of sp³-hybridized carbons (Fsp3) is 0.621. The fourth-order valence-electron chi connectivity index (χ4n) is 5.66. The largest absolute Gasteiger partial charge is 0.463 e. The molecule has 0 aliphatic heterocycles. The molecule has 9 heteroatoms. The lowest BCUT2D eigenvalue weighted by Gasteiger charge is -2.25. The first-order valence-electron chi connectivity index (χ1n) is 13.4. The van der Waals surface area contributed by atoms with E-state index in [0.717, 1.165) is 25.3 Å². The number of esters is 1. The molecule has 0 amide bonds. The first-order valence-corrected chi connectivity index (χ1v) is 13.4. The minimum Gasteiger partial charge on any atom is -0.463 e. The van der Waals surface area contributed by atoms with E-state index in [-0.39, 0.29) is 47.7 Å². The van der Waals surface area contributed by atoms with E-state index >= 15 is 4.39 Å². The summed E-state index contributed by atoms with van der Waals surface area (Å²) in [7, 11) is 0. The van der Waals surface area contributed by atoms with Crippen molar-refractivity contribution >= 4 is 16.7 Å². The summed E-state index contributed by atoms with van der Waals surface area (Å²) in [6.45, 7) is 3.60. The molecule has 1 aliphatic carbocycles. The highest BCUT2D eigenvalue weighted by Crippen LogP contribution is 2.42. The third-order valence-corrected chi connectivity index (χ3v) is 7.51. The van der Waals surface area contributed by atoms with E-state index in [2.05, 4.69) is 0 Å². The van der Waals surface area contributed by atoms with Crippen LogP contribution in [0, 0.1) is 17.7 Å². The number of alkyl halides is 3. The van der Waals surface area contributed by atoms with E-state index < -0.39 is 41.3 Å². The van der Waals surface area contributed by atoms with E-state index in [1.165, 1.54) is 24.3 Å². The van der Waals surface area contributed by atoms with Crippen molar-refractivity contribution in [1.82, 2.24) is 0 Å². The second kappa shape index (κ2) is 13.2. The van der Waals surface area contributed by atoms with Crippen molar-refractivity contribution in [2.45, 2.75) is 102 Å². The average Bonchev–Trinajstić information content (AvgIpc) is 3.10. The van der Waals surface area contributed by atoms with Crippen LogP contribution in [0.2, 0.25) is 0 Å². The topological polar surface area (TPSA) is 87.0 Å². The third kappa shape index (κ3) is 7.67. The minimum absolute atomic E-state index is 0.0412. The zero-order valence-corrected chi connectivity index (χ0v) is 21.9. The molecule has 1 fully saturated rings. The quantitative estimate of drug-likeness (QED) is 0.163. The van der Waals surface area contributed by atoms with Gasteiger partial charge in [0.05, 0.1) is 30.0 Å². The van der Waals surface area contributed by atoms with E-state index in [9.17, 15) is 33.3 Å². The van der Waals surface area contributed by atoms with E-state index in [0.29, 0.717) is 25.7 Å². The van der Waals surface area contributed by atoms with Gasteiger partial charge < -0.3 is 20.1 Å². The average molecular weight is 543 g/mol. The van der Waals surface area contributed by atoms with Gasteiger partial charge in [0.15, 0.2) is 0 Å². The zero-order chi connectivity index (χ0) is 28.0. The summed E-state index contributed by atoms with van der Waals surface area (Å²) in [6, 6.07) is 6.10. The van der Waals surface area contributed by atoms with Crippen LogP contribution in [0.5, 0.6) is 0 Å². The maximum atomic E-state index is 15.2. The van der Waals surface area contributed by atoms with Gasteiger partial charge in [-0.05, 0) is 69.2 Å². The normalized spacial score (nSPS) is 22.8. The summed E-state index contributed by atoms with van der Waals surface area (Å²) >= 11 is 0. The number of carbonyl (C=O) groups excluding carboxylic acids is 1. The molecule has 3 N–H and O–H groups in total. The monoisotopic (exact) mass is 542 g/mol. The van der Waals surface area contributed by atoms with Gasteiger partial charge in [-0.3, -0.25) is 4.79 Å². The molecule has 0 radical (unpaired) electrons. The SMILES string of the molecule is CC(C)OC(=O)CCCCCC[C@@H]1C(CCC(O)c2ccc3cccc(C(F)(F)F)c3c2F)[C@H](O)C[C@@H]1O. The zero-order valence-electron chi connectivity index (χ0n) is 21.9. The fourth-order valence-corrected chi connectivity index (χ4v) is 5.66. The van der Waals surface area contributed by atoms with Crippen LogP contribution >= 0.6 is 0 Å². The summed E-state index contributed by atoms with van der Waals surface area (Å²) < 4.78 is 60.7. The molecular weight excluding hydrogens is 504 g/mol. The highest BCUT2D eigenvalue weighted by Gasteiger charge is 2.41. The molecule has 0 heterocycles. The van der Waals surface area contributed by atoms with Crippen molar-refractivity contribution in [3.63, 3.8) is 0 Å². The number of carbonyl (C=O) groups is 1. The Kier molecular flexibility index (Phi) is 10.5. The van der Waals surface area contributed by atoms with Gasteiger partial charge in [0.1, 0.15) is 5.82 Å². The lowest BCUT2D eigenvalue weighted by molar-refractivity contribution is -0.147. The van der Waals surface area contributed by atoms with Gasteiger partial charge in [0.2, 0.25) is 0 Å². The smallest absolute Gasteiger partial charge is 0.417 e. The standard InChI is InChI=1S/C29H38F4O5/c1-17(2)38-26(37)11-6-4-3-5-9-19-20(25(36)16-24(19)35)14-15-23(34)21-13-12-18-8-7-10-22(29(31,32)33)27(18)28(21)30/h7-8,10,12-13,17,19-20,23-25,34-36H,3-6,9,11,14-16H2,1-2H3/t19-,20?,23?,24+,25-/m1/s1. The van der Waals surface area contributed by atoms with Crippen LogP contribution in [-0.2, 0) is 15.7 Å². The Balaban J connectivity index is 1.57. The number of fused-ring (bicyclic) bond motifs is 1. The summed E-state index contributed by atoms with van der Waals surface area (Å²) in [5.41, 5.74) is -1.30. The third-order valence-electron chi connectivity index (χ3n) is 7.51. The molecule has 2 aromatic carbocycles. The lowest BCUT2D eigenvalue weighted by Crippen LogP contribution is -2.23. The van der Waals surface area contributed by atoms with Crippen molar-refractivity contribution in [2.75, 3.05) is 0 Å². The van der Waals surface area contributed by atoms with Crippen molar-refractivity contribution in [1.29, 1.82) is 0 Å². The predicted molar refractivity (Wildman–Crippen MR) is 136 cm³/mol. The number of hydrogen-bond acceptors (Lipinski definition) is 5. The molecule has 0 spiro atoms. The van der Waals surface area contributed by atoms with Gasteiger partial charge in [-0.15, -0.1) is 0 Å². The van der Waals surface area contributed by atoms with Gasteiger partial charge in [-0.25, -0.2) is 4.39 Å². The van der Waals surface area contributed by atoms with Crippen LogP contribution in [0.15, 0.2) is 30.3 Å². The number of hydrogen-bond donors (Lipinski definition) is 3. The van der Waals surface area contributed by atoms with Crippen molar-refractivity contribution < 1.29 is 42.4 Å². The first-order chi connectivity index (χ1) is 17.9. The molecule has 2 aromatic rings. The van der Waals surface area contributed by atoms with Crippen LogP contribution < -0.4 is 0 Å². The first kappa shape index (κ1) is 30.3. The number of ether oxygens (including phenoxy) is 1.